The van der Waals surface area contributed by atoms with Gasteiger partial charge in [0.05, 0.1) is 10.2 Å². The minimum atomic E-state index is 0.494. The lowest BCUT2D eigenvalue weighted by Gasteiger charge is -2.12. The highest BCUT2D eigenvalue weighted by molar-refractivity contribution is 9.10. The van der Waals surface area contributed by atoms with Gasteiger partial charge in [0, 0.05) is 17.4 Å². The van der Waals surface area contributed by atoms with Crippen molar-refractivity contribution in [3.63, 3.8) is 0 Å². The summed E-state index contributed by atoms with van der Waals surface area (Å²) in [4.78, 5) is 8.67. The summed E-state index contributed by atoms with van der Waals surface area (Å²) in [5, 5.41) is 0. The summed E-state index contributed by atoms with van der Waals surface area (Å²) in [6, 6.07) is 0. The van der Waals surface area contributed by atoms with Gasteiger partial charge in [0.25, 0.3) is 0 Å². The second kappa shape index (κ2) is 5.81. The first-order chi connectivity index (χ1) is 6.59. The Kier molecular flexibility index (Phi) is 5.02. The van der Waals surface area contributed by atoms with Gasteiger partial charge >= 0.3 is 0 Å². The molecule has 1 aromatic rings. The zero-order valence-corrected chi connectivity index (χ0v) is 11.5. The maximum absolute atomic E-state index is 4.24. The van der Waals surface area contributed by atoms with E-state index in [1.807, 2.05) is 0 Å². The van der Waals surface area contributed by atoms with Crippen LogP contribution >= 0.6 is 31.9 Å². The summed E-state index contributed by atoms with van der Waals surface area (Å²) < 4.78 is 0.994. The fraction of sp³-hybridized carbons (Fsp3) is 0.600. The maximum atomic E-state index is 4.24. The van der Waals surface area contributed by atoms with Crippen molar-refractivity contribution in [2.45, 2.75) is 31.5 Å². The third-order valence-electron chi connectivity index (χ3n) is 1.89. The van der Waals surface area contributed by atoms with Gasteiger partial charge in [0.15, 0.2) is 0 Å². The Bertz CT molecular complexity index is 289. The van der Waals surface area contributed by atoms with Crippen LogP contribution in [0.5, 0.6) is 0 Å². The Balaban J connectivity index is 2.56. The number of aromatic nitrogens is 2. The largest absolute Gasteiger partial charge is 0.244 e. The van der Waals surface area contributed by atoms with E-state index in [-0.39, 0.29) is 0 Å². The lowest BCUT2D eigenvalue weighted by atomic mass is 10.1. The minimum Gasteiger partial charge on any atom is -0.244 e. The third-order valence-corrected chi connectivity index (χ3v) is 3.25. The number of nitrogens with zero attached hydrogens (tertiary/aromatic N) is 2. The molecule has 0 aliphatic rings. The van der Waals surface area contributed by atoms with Crippen LogP contribution in [0.1, 0.15) is 26.0 Å². The fourth-order valence-electron chi connectivity index (χ4n) is 1.29. The maximum Gasteiger partial charge on any atom is 0.115 e. The molecule has 0 bridgehead atoms. The number of halogens is 2. The predicted molar refractivity (Wildman–Crippen MR) is 65.6 cm³/mol. The zero-order chi connectivity index (χ0) is 10.6. The standard InChI is InChI=1S/C10H14Br2N2/c1-7(2)3-8(11)4-10-9(12)5-13-6-14-10/h5-8H,3-4H2,1-2H3. The third kappa shape index (κ3) is 4.05. The van der Waals surface area contributed by atoms with E-state index >= 15 is 0 Å². The van der Waals surface area contributed by atoms with E-state index in [1.54, 1.807) is 12.5 Å². The Labute approximate surface area is 102 Å². The molecule has 0 spiro atoms. The van der Waals surface area contributed by atoms with Crippen LogP contribution in [-0.4, -0.2) is 14.8 Å². The van der Waals surface area contributed by atoms with Gasteiger partial charge in [0.1, 0.15) is 6.33 Å². The van der Waals surface area contributed by atoms with E-state index in [0.29, 0.717) is 10.7 Å². The fourth-order valence-corrected chi connectivity index (χ4v) is 2.73. The normalized spacial score (nSPS) is 13.2. The Hall–Kier alpha value is 0.0400. The topological polar surface area (TPSA) is 25.8 Å². The molecule has 0 radical (unpaired) electrons. The summed E-state index contributed by atoms with van der Waals surface area (Å²) in [6.07, 6.45) is 5.49. The van der Waals surface area contributed by atoms with Crippen LogP contribution in [0.3, 0.4) is 0 Å². The lowest BCUT2D eigenvalue weighted by Crippen LogP contribution is -2.08. The number of alkyl halides is 1. The average molecular weight is 322 g/mol. The van der Waals surface area contributed by atoms with Crippen LogP contribution in [0.25, 0.3) is 0 Å². The van der Waals surface area contributed by atoms with Crippen LogP contribution < -0.4 is 0 Å². The van der Waals surface area contributed by atoms with Crippen molar-refractivity contribution in [3.8, 4) is 0 Å². The molecule has 1 aromatic heterocycles. The molecule has 0 fully saturated rings. The Morgan fingerprint density at radius 2 is 2.14 bits per heavy atom. The minimum absolute atomic E-state index is 0.494. The van der Waals surface area contributed by atoms with E-state index in [1.165, 1.54) is 0 Å². The average Bonchev–Trinajstić information content (AvgIpc) is 2.07. The summed E-state index contributed by atoms with van der Waals surface area (Å²) in [6.45, 7) is 4.45. The van der Waals surface area contributed by atoms with Crippen LogP contribution in [0.2, 0.25) is 0 Å². The molecule has 1 heterocycles. The van der Waals surface area contributed by atoms with E-state index in [0.717, 1.165) is 23.0 Å². The molecule has 1 atom stereocenters. The molecule has 2 nitrogen and oxygen atoms in total. The number of hydrogen-bond donors (Lipinski definition) is 0. The van der Waals surface area contributed by atoms with Gasteiger partial charge in [-0.15, -0.1) is 0 Å². The molecule has 0 aliphatic heterocycles. The van der Waals surface area contributed by atoms with E-state index in [2.05, 4.69) is 55.7 Å². The van der Waals surface area contributed by atoms with Gasteiger partial charge < -0.3 is 0 Å². The first-order valence-electron chi connectivity index (χ1n) is 4.68. The van der Waals surface area contributed by atoms with E-state index in [9.17, 15) is 0 Å². The molecule has 0 saturated carbocycles. The molecular formula is C10H14Br2N2. The number of rotatable bonds is 4. The van der Waals surface area contributed by atoms with Crippen molar-refractivity contribution >= 4 is 31.9 Å². The lowest BCUT2D eigenvalue weighted by molar-refractivity contribution is 0.567. The van der Waals surface area contributed by atoms with Gasteiger partial charge in [-0.05, 0) is 28.3 Å². The molecule has 0 aromatic carbocycles. The molecule has 78 valence electrons. The van der Waals surface area contributed by atoms with E-state index in [4.69, 9.17) is 0 Å². The van der Waals surface area contributed by atoms with Crippen LogP contribution in [0.4, 0.5) is 0 Å². The van der Waals surface area contributed by atoms with Gasteiger partial charge in [0.2, 0.25) is 0 Å². The second-order valence-corrected chi connectivity index (χ2v) is 5.90. The van der Waals surface area contributed by atoms with Gasteiger partial charge in [-0.25, -0.2) is 9.97 Å². The molecule has 4 heteroatoms. The van der Waals surface area contributed by atoms with E-state index < -0.39 is 0 Å². The Morgan fingerprint density at radius 3 is 2.71 bits per heavy atom. The highest BCUT2D eigenvalue weighted by Crippen LogP contribution is 2.20. The second-order valence-electron chi connectivity index (χ2n) is 3.75. The predicted octanol–water partition coefficient (Wildman–Crippen LogP) is 3.59. The molecule has 0 N–H and O–H groups in total. The summed E-state index contributed by atoms with van der Waals surface area (Å²) >= 11 is 7.11. The highest BCUT2D eigenvalue weighted by atomic mass is 79.9. The molecule has 0 amide bonds. The SMILES string of the molecule is CC(C)CC(Br)Cc1ncncc1Br. The molecule has 1 unspecified atom stereocenters. The molecule has 14 heavy (non-hydrogen) atoms. The van der Waals surface area contributed by atoms with Gasteiger partial charge in [-0.2, -0.15) is 0 Å². The monoisotopic (exact) mass is 320 g/mol. The Morgan fingerprint density at radius 1 is 1.43 bits per heavy atom. The first-order valence-corrected chi connectivity index (χ1v) is 6.39. The molecule has 0 aliphatic carbocycles. The van der Waals surface area contributed by atoms with Gasteiger partial charge in [-0.1, -0.05) is 29.8 Å². The molecular weight excluding hydrogens is 308 g/mol. The van der Waals surface area contributed by atoms with Crippen molar-refractivity contribution in [2.75, 3.05) is 0 Å². The molecule has 0 saturated heterocycles. The van der Waals surface area contributed by atoms with Crippen molar-refractivity contribution in [1.29, 1.82) is 0 Å². The van der Waals surface area contributed by atoms with Gasteiger partial charge in [-0.3, -0.25) is 0 Å². The van der Waals surface area contributed by atoms with Crippen LogP contribution in [0.15, 0.2) is 17.0 Å². The zero-order valence-electron chi connectivity index (χ0n) is 8.37. The molecule has 1 rings (SSSR count). The van der Waals surface area contributed by atoms with Crippen molar-refractivity contribution < 1.29 is 0 Å². The summed E-state index contributed by atoms with van der Waals surface area (Å²) in [7, 11) is 0. The van der Waals surface area contributed by atoms with Crippen molar-refractivity contribution in [2.24, 2.45) is 5.92 Å². The number of hydrogen-bond acceptors (Lipinski definition) is 2. The quantitative estimate of drug-likeness (QED) is 0.792. The van der Waals surface area contributed by atoms with Crippen molar-refractivity contribution in [1.82, 2.24) is 9.97 Å². The highest BCUT2D eigenvalue weighted by Gasteiger charge is 2.10. The smallest absolute Gasteiger partial charge is 0.115 e. The van der Waals surface area contributed by atoms with Crippen molar-refractivity contribution in [3.05, 3.63) is 22.7 Å². The van der Waals surface area contributed by atoms with Crippen LogP contribution in [0, 0.1) is 5.92 Å². The first kappa shape index (κ1) is 12.1. The summed E-state index contributed by atoms with van der Waals surface area (Å²) in [5.41, 5.74) is 1.07. The van der Waals surface area contributed by atoms with Crippen LogP contribution in [-0.2, 0) is 6.42 Å². The summed E-state index contributed by atoms with van der Waals surface area (Å²) in [5.74, 6) is 0.708.